The van der Waals surface area contributed by atoms with Gasteiger partial charge in [0.25, 0.3) is 0 Å². The quantitative estimate of drug-likeness (QED) is 0.820. The second-order valence-corrected chi connectivity index (χ2v) is 7.20. The normalized spacial score (nSPS) is 21.9. The topological polar surface area (TPSA) is 56.5 Å². The van der Waals surface area contributed by atoms with Crippen molar-refractivity contribution in [2.45, 2.75) is 71.1 Å². The molecule has 2 rings (SSSR count). The van der Waals surface area contributed by atoms with Gasteiger partial charge in [0.05, 0.1) is 17.7 Å². The van der Waals surface area contributed by atoms with E-state index in [1.165, 1.54) is 0 Å². The minimum absolute atomic E-state index is 0.129. The van der Waals surface area contributed by atoms with Crippen molar-refractivity contribution in [3.63, 3.8) is 0 Å². The van der Waals surface area contributed by atoms with E-state index in [-0.39, 0.29) is 6.04 Å². The summed E-state index contributed by atoms with van der Waals surface area (Å²) < 4.78 is 6.03. The molecule has 0 saturated heterocycles. The highest BCUT2D eigenvalue weighted by Crippen LogP contribution is 2.43. The Balaban J connectivity index is 2.45. The molecule has 2 atom stereocenters. The first-order valence-corrected chi connectivity index (χ1v) is 9.09. The van der Waals surface area contributed by atoms with E-state index in [0.29, 0.717) is 5.56 Å². The van der Waals surface area contributed by atoms with Gasteiger partial charge in [0, 0.05) is 5.56 Å². The summed E-state index contributed by atoms with van der Waals surface area (Å²) in [5, 5.41) is 20.3. The van der Waals surface area contributed by atoms with Crippen molar-refractivity contribution < 1.29 is 9.84 Å². The molecule has 0 unspecified atom stereocenters. The lowest BCUT2D eigenvalue weighted by Gasteiger charge is -2.46. The zero-order valence-electron chi connectivity index (χ0n) is 15.4. The van der Waals surface area contributed by atoms with E-state index >= 15 is 0 Å². The fraction of sp³-hybridized carbons (Fsp3) is 0.650. The Bertz CT molecular complexity index is 584. The molecule has 0 bridgehead atoms. The van der Waals surface area contributed by atoms with E-state index in [2.05, 4.69) is 24.8 Å². The summed E-state index contributed by atoms with van der Waals surface area (Å²) in [7, 11) is 0. The van der Waals surface area contributed by atoms with Crippen LogP contribution in [0.15, 0.2) is 18.2 Å². The number of unbranched alkanes of at least 4 members (excludes halogenated alkanes) is 2. The molecule has 4 nitrogen and oxygen atoms in total. The second-order valence-electron chi connectivity index (χ2n) is 7.20. The number of rotatable bonds is 7. The van der Waals surface area contributed by atoms with Crippen molar-refractivity contribution >= 4 is 0 Å². The van der Waals surface area contributed by atoms with Crippen LogP contribution < -0.4 is 4.74 Å². The van der Waals surface area contributed by atoms with E-state index in [4.69, 9.17) is 4.74 Å². The van der Waals surface area contributed by atoms with Gasteiger partial charge in [0.2, 0.25) is 0 Å². The van der Waals surface area contributed by atoms with Gasteiger partial charge in [-0.3, -0.25) is 4.90 Å². The Morgan fingerprint density at radius 2 is 1.83 bits per heavy atom. The van der Waals surface area contributed by atoms with Crippen LogP contribution >= 0.6 is 0 Å². The molecule has 0 aromatic heterocycles. The molecule has 1 heterocycles. The molecule has 0 spiro atoms. The van der Waals surface area contributed by atoms with Gasteiger partial charge in [0.1, 0.15) is 17.5 Å². The third kappa shape index (κ3) is 3.91. The van der Waals surface area contributed by atoms with Crippen LogP contribution in [0.3, 0.4) is 0 Å². The Morgan fingerprint density at radius 3 is 2.38 bits per heavy atom. The molecule has 0 aliphatic carbocycles. The smallest absolute Gasteiger partial charge is 0.131 e. The molecule has 24 heavy (non-hydrogen) atoms. The summed E-state index contributed by atoms with van der Waals surface area (Å²) in [5.41, 5.74) is 0.899. The van der Waals surface area contributed by atoms with Gasteiger partial charge < -0.3 is 9.84 Å². The molecule has 1 aliphatic rings. The van der Waals surface area contributed by atoms with Crippen LogP contribution in [-0.4, -0.2) is 34.8 Å². The largest absolute Gasteiger partial charge is 0.485 e. The Kier molecular flexibility index (Phi) is 6.26. The third-order valence-electron chi connectivity index (χ3n) is 4.83. The van der Waals surface area contributed by atoms with Gasteiger partial charge in [-0.1, -0.05) is 26.7 Å². The third-order valence-corrected chi connectivity index (χ3v) is 4.83. The van der Waals surface area contributed by atoms with Crippen molar-refractivity contribution in [2.24, 2.45) is 0 Å². The molecule has 0 saturated carbocycles. The number of aliphatic hydroxyl groups is 1. The lowest BCUT2D eigenvalue weighted by molar-refractivity contribution is -0.0938. The zero-order valence-corrected chi connectivity index (χ0v) is 15.4. The van der Waals surface area contributed by atoms with Gasteiger partial charge in [-0.15, -0.1) is 0 Å². The van der Waals surface area contributed by atoms with Crippen molar-refractivity contribution in [2.75, 3.05) is 13.1 Å². The molecule has 1 N–H and O–H groups in total. The lowest BCUT2D eigenvalue weighted by Crippen LogP contribution is -2.54. The van der Waals surface area contributed by atoms with Crippen molar-refractivity contribution in [1.82, 2.24) is 4.90 Å². The minimum atomic E-state index is -0.650. The van der Waals surface area contributed by atoms with Crippen molar-refractivity contribution in [3.05, 3.63) is 29.3 Å². The van der Waals surface area contributed by atoms with Gasteiger partial charge >= 0.3 is 0 Å². The Morgan fingerprint density at radius 1 is 1.21 bits per heavy atom. The fourth-order valence-electron chi connectivity index (χ4n) is 3.34. The highest BCUT2D eigenvalue weighted by molar-refractivity contribution is 5.46. The minimum Gasteiger partial charge on any atom is -0.485 e. The van der Waals surface area contributed by atoms with Crippen LogP contribution in [0, 0.1) is 11.3 Å². The van der Waals surface area contributed by atoms with Crippen molar-refractivity contribution in [3.8, 4) is 11.8 Å². The summed E-state index contributed by atoms with van der Waals surface area (Å²) in [6.45, 7) is 10.1. The van der Waals surface area contributed by atoms with Crippen LogP contribution in [0.1, 0.15) is 70.5 Å². The molecule has 0 radical (unpaired) electrons. The molecule has 0 amide bonds. The fourth-order valence-corrected chi connectivity index (χ4v) is 3.34. The van der Waals surface area contributed by atoms with Crippen molar-refractivity contribution in [1.29, 1.82) is 5.26 Å². The van der Waals surface area contributed by atoms with Crippen LogP contribution in [0.4, 0.5) is 0 Å². The Labute approximate surface area is 146 Å². The number of hydrogen-bond donors (Lipinski definition) is 1. The lowest BCUT2D eigenvalue weighted by atomic mass is 9.84. The number of hydrogen-bond acceptors (Lipinski definition) is 4. The van der Waals surface area contributed by atoms with Gasteiger partial charge in [0.15, 0.2) is 0 Å². The average molecular weight is 330 g/mol. The zero-order chi connectivity index (χ0) is 17.7. The second kappa shape index (κ2) is 8.00. The first-order chi connectivity index (χ1) is 11.4. The molecule has 0 fully saturated rings. The summed E-state index contributed by atoms with van der Waals surface area (Å²) >= 11 is 0. The molecule has 1 aliphatic heterocycles. The number of benzene rings is 1. The van der Waals surface area contributed by atoms with Gasteiger partial charge in [-0.05, 0) is 58.0 Å². The number of fused-ring (bicyclic) bond motifs is 1. The van der Waals surface area contributed by atoms with E-state index in [9.17, 15) is 10.4 Å². The predicted molar refractivity (Wildman–Crippen MR) is 96.0 cm³/mol. The number of nitriles is 1. The van der Waals surface area contributed by atoms with Crippen LogP contribution in [0.2, 0.25) is 0 Å². The van der Waals surface area contributed by atoms with E-state index in [1.54, 1.807) is 6.07 Å². The maximum Gasteiger partial charge on any atom is 0.131 e. The summed E-state index contributed by atoms with van der Waals surface area (Å²) in [5.74, 6) is 0.785. The molecule has 4 heteroatoms. The molecular weight excluding hydrogens is 300 g/mol. The average Bonchev–Trinajstić information content (AvgIpc) is 2.56. The highest BCUT2D eigenvalue weighted by atomic mass is 16.5. The molecule has 1 aromatic carbocycles. The maximum absolute atomic E-state index is 11.0. The SMILES string of the molecule is CCCCN(CCCC)[C@@H]1c2cc(C#N)ccc2OC(C)(C)[C@H]1O. The van der Waals surface area contributed by atoms with Crippen LogP contribution in [-0.2, 0) is 0 Å². The summed E-state index contributed by atoms with van der Waals surface area (Å²) in [6.07, 6.45) is 3.81. The van der Waals surface area contributed by atoms with Crippen LogP contribution in [0.25, 0.3) is 0 Å². The van der Waals surface area contributed by atoms with E-state index < -0.39 is 11.7 Å². The van der Waals surface area contributed by atoms with E-state index in [1.807, 2.05) is 26.0 Å². The molecular formula is C20H30N2O2. The van der Waals surface area contributed by atoms with Gasteiger partial charge in [-0.2, -0.15) is 5.26 Å². The van der Waals surface area contributed by atoms with E-state index in [0.717, 1.165) is 50.1 Å². The highest BCUT2D eigenvalue weighted by Gasteiger charge is 2.45. The first-order valence-electron chi connectivity index (χ1n) is 9.09. The first kappa shape index (κ1) is 18.8. The summed E-state index contributed by atoms with van der Waals surface area (Å²) in [4.78, 5) is 2.38. The maximum atomic E-state index is 11.0. The standard InChI is InChI=1S/C20H30N2O2/c1-5-7-11-22(12-8-6-2)18-16-13-15(14-21)9-10-17(16)24-20(3,4)19(18)23/h9-10,13,18-19,23H,5-8,11-12H2,1-4H3/t18-,19+/m1/s1. The molecule has 132 valence electrons. The Hall–Kier alpha value is -1.57. The van der Waals surface area contributed by atoms with Crippen LogP contribution in [0.5, 0.6) is 5.75 Å². The summed E-state index contributed by atoms with van der Waals surface area (Å²) in [6, 6.07) is 7.60. The number of ether oxygens (including phenoxy) is 1. The monoisotopic (exact) mass is 330 g/mol. The molecule has 1 aromatic rings. The number of nitrogens with zero attached hydrogens (tertiary/aromatic N) is 2. The number of aliphatic hydroxyl groups excluding tert-OH is 1. The van der Waals surface area contributed by atoms with Gasteiger partial charge in [-0.25, -0.2) is 0 Å². The predicted octanol–water partition coefficient (Wildman–Crippen LogP) is 4.03.